The van der Waals surface area contributed by atoms with Gasteiger partial charge in [0.25, 0.3) is 0 Å². The summed E-state index contributed by atoms with van der Waals surface area (Å²) in [7, 11) is 0. The van der Waals surface area contributed by atoms with Gasteiger partial charge >= 0.3 is 0 Å². The molecule has 1 heterocycles. The third-order valence-corrected chi connectivity index (χ3v) is 3.12. The zero-order chi connectivity index (χ0) is 11.4. The summed E-state index contributed by atoms with van der Waals surface area (Å²) in [5.74, 6) is 0.828. The Balaban J connectivity index is 2.74. The van der Waals surface area contributed by atoms with Gasteiger partial charge in [0.1, 0.15) is 0 Å². The molecule has 0 aromatic carbocycles. The number of rotatable bonds is 3. The lowest BCUT2D eigenvalue weighted by Crippen LogP contribution is -2.47. The first-order valence-corrected chi connectivity index (χ1v) is 6.07. The maximum Gasteiger partial charge on any atom is 0.222 e. The van der Waals surface area contributed by atoms with Crippen LogP contribution in [0.3, 0.4) is 0 Å². The molecule has 15 heavy (non-hydrogen) atoms. The summed E-state index contributed by atoms with van der Waals surface area (Å²) in [6.45, 7) is 7.06. The largest absolute Gasteiger partial charge is 0.338 e. The summed E-state index contributed by atoms with van der Waals surface area (Å²) >= 11 is 0. The number of hydrogen-bond acceptors (Lipinski definition) is 2. The molecule has 0 radical (unpaired) electrons. The topological polar surface area (TPSA) is 46.3 Å². The summed E-state index contributed by atoms with van der Waals surface area (Å²) in [5.41, 5.74) is 5.80. The Morgan fingerprint density at radius 1 is 1.40 bits per heavy atom. The monoisotopic (exact) mass is 212 g/mol. The van der Waals surface area contributed by atoms with Crippen LogP contribution in [0.25, 0.3) is 0 Å². The van der Waals surface area contributed by atoms with Crippen LogP contribution in [0.5, 0.6) is 0 Å². The van der Waals surface area contributed by atoms with Crippen LogP contribution in [0.2, 0.25) is 0 Å². The van der Waals surface area contributed by atoms with E-state index in [2.05, 4.69) is 13.8 Å². The molecule has 2 unspecified atom stereocenters. The molecule has 1 rings (SSSR count). The first-order valence-electron chi connectivity index (χ1n) is 6.07. The minimum atomic E-state index is 0.0771. The van der Waals surface area contributed by atoms with E-state index in [1.807, 2.05) is 11.8 Å². The van der Waals surface area contributed by atoms with E-state index in [9.17, 15) is 4.79 Å². The van der Waals surface area contributed by atoms with E-state index < -0.39 is 0 Å². The average Bonchev–Trinajstić information content (AvgIpc) is 2.29. The van der Waals surface area contributed by atoms with Crippen molar-refractivity contribution in [2.24, 2.45) is 11.7 Å². The zero-order valence-electron chi connectivity index (χ0n) is 10.2. The van der Waals surface area contributed by atoms with Crippen molar-refractivity contribution in [2.75, 3.05) is 6.54 Å². The lowest BCUT2D eigenvalue weighted by atomic mass is 9.98. The van der Waals surface area contributed by atoms with Crippen LogP contribution in [0.1, 0.15) is 46.5 Å². The number of nitrogens with zero attached hydrogens (tertiary/aromatic N) is 1. The predicted octanol–water partition coefficient (Wildman–Crippen LogP) is 1.76. The van der Waals surface area contributed by atoms with Crippen LogP contribution in [0.4, 0.5) is 0 Å². The van der Waals surface area contributed by atoms with Gasteiger partial charge in [-0.3, -0.25) is 4.79 Å². The van der Waals surface area contributed by atoms with E-state index in [1.54, 1.807) is 0 Å². The zero-order valence-corrected chi connectivity index (χ0v) is 10.2. The van der Waals surface area contributed by atoms with Crippen molar-refractivity contribution in [2.45, 2.75) is 58.5 Å². The molecular weight excluding hydrogens is 188 g/mol. The van der Waals surface area contributed by atoms with Crippen molar-refractivity contribution in [3.8, 4) is 0 Å². The molecule has 2 N–H and O–H groups in total. The third-order valence-electron chi connectivity index (χ3n) is 3.12. The molecule has 0 bridgehead atoms. The maximum absolute atomic E-state index is 11.9. The summed E-state index contributed by atoms with van der Waals surface area (Å²) in [5, 5.41) is 0. The van der Waals surface area contributed by atoms with Gasteiger partial charge in [-0.25, -0.2) is 0 Å². The normalized spacial score (nSPS) is 25.5. The van der Waals surface area contributed by atoms with E-state index in [0.717, 1.165) is 12.8 Å². The number of carbonyl (C=O) groups is 1. The van der Waals surface area contributed by atoms with E-state index in [1.165, 1.54) is 6.42 Å². The Morgan fingerprint density at radius 2 is 2.07 bits per heavy atom. The quantitative estimate of drug-likeness (QED) is 0.775. The number of carbonyl (C=O) groups excluding carboxylic acids is 1. The Bertz CT molecular complexity index is 214. The molecule has 0 spiro atoms. The number of hydrogen-bond donors (Lipinski definition) is 1. The van der Waals surface area contributed by atoms with Gasteiger partial charge in [0.2, 0.25) is 5.91 Å². The third kappa shape index (κ3) is 3.49. The van der Waals surface area contributed by atoms with E-state index in [-0.39, 0.29) is 6.04 Å². The molecule has 1 fully saturated rings. The van der Waals surface area contributed by atoms with E-state index >= 15 is 0 Å². The van der Waals surface area contributed by atoms with Crippen LogP contribution in [0.15, 0.2) is 0 Å². The minimum Gasteiger partial charge on any atom is -0.338 e. The van der Waals surface area contributed by atoms with Gasteiger partial charge in [0.15, 0.2) is 0 Å². The van der Waals surface area contributed by atoms with Crippen molar-refractivity contribution in [3.05, 3.63) is 0 Å². The first kappa shape index (κ1) is 12.5. The molecule has 1 aliphatic heterocycles. The Labute approximate surface area is 93.0 Å². The van der Waals surface area contributed by atoms with Crippen LogP contribution >= 0.6 is 0 Å². The smallest absolute Gasteiger partial charge is 0.222 e. The second kappa shape index (κ2) is 5.50. The van der Waals surface area contributed by atoms with Gasteiger partial charge < -0.3 is 10.6 Å². The molecule has 3 heteroatoms. The molecule has 1 amide bonds. The number of nitrogens with two attached hydrogens (primary N) is 1. The van der Waals surface area contributed by atoms with Crippen molar-refractivity contribution >= 4 is 5.91 Å². The summed E-state index contributed by atoms with van der Waals surface area (Å²) in [6.07, 6.45) is 4.05. The van der Waals surface area contributed by atoms with Crippen molar-refractivity contribution in [3.63, 3.8) is 0 Å². The highest BCUT2D eigenvalue weighted by Gasteiger charge is 2.28. The molecule has 88 valence electrons. The molecule has 0 aliphatic carbocycles. The Hall–Kier alpha value is -0.570. The molecule has 2 atom stereocenters. The van der Waals surface area contributed by atoms with Crippen LogP contribution in [0, 0.1) is 5.92 Å². The van der Waals surface area contributed by atoms with Crippen molar-refractivity contribution in [1.29, 1.82) is 0 Å². The fraction of sp³-hybridized carbons (Fsp3) is 0.917. The van der Waals surface area contributed by atoms with Gasteiger partial charge in [0.05, 0.1) is 0 Å². The molecule has 1 saturated heterocycles. The van der Waals surface area contributed by atoms with E-state index in [0.29, 0.717) is 30.8 Å². The van der Waals surface area contributed by atoms with Crippen LogP contribution in [-0.4, -0.2) is 29.4 Å². The van der Waals surface area contributed by atoms with Gasteiger partial charge in [-0.15, -0.1) is 0 Å². The second-order valence-electron chi connectivity index (χ2n) is 5.08. The molecule has 3 nitrogen and oxygen atoms in total. The van der Waals surface area contributed by atoms with Crippen molar-refractivity contribution < 1.29 is 4.79 Å². The molecular formula is C12H24N2O. The molecule has 1 aliphatic rings. The van der Waals surface area contributed by atoms with Gasteiger partial charge in [0, 0.05) is 25.0 Å². The molecule has 0 saturated carbocycles. The van der Waals surface area contributed by atoms with Crippen LogP contribution < -0.4 is 5.73 Å². The van der Waals surface area contributed by atoms with E-state index in [4.69, 9.17) is 5.73 Å². The molecule has 0 aromatic rings. The first-order chi connectivity index (χ1) is 7.02. The SMILES string of the molecule is CC(N)CN1C(=O)CCCCC1C(C)C. The van der Waals surface area contributed by atoms with Gasteiger partial charge in [-0.05, 0) is 25.7 Å². The fourth-order valence-electron chi connectivity index (χ4n) is 2.35. The highest BCUT2D eigenvalue weighted by Crippen LogP contribution is 2.23. The second-order valence-corrected chi connectivity index (χ2v) is 5.08. The number of likely N-dealkylation sites (tertiary alicyclic amines) is 1. The molecule has 0 aromatic heterocycles. The lowest BCUT2D eigenvalue weighted by Gasteiger charge is -2.34. The van der Waals surface area contributed by atoms with Crippen LogP contribution in [-0.2, 0) is 4.79 Å². The minimum absolute atomic E-state index is 0.0771. The van der Waals surface area contributed by atoms with Crippen molar-refractivity contribution in [1.82, 2.24) is 4.90 Å². The summed E-state index contributed by atoms with van der Waals surface area (Å²) in [4.78, 5) is 14.0. The Morgan fingerprint density at radius 3 is 2.60 bits per heavy atom. The predicted molar refractivity (Wildman–Crippen MR) is 62.5 cm³/mol. The lowest BCUT2D eigenvalue weighted by molar-refractivity contribution is -0.134. The fourth-order valence-corrected chi connectivity index (χ4v) is 2.35. The summed E-state index contributed by atoms with van der Waals surface area (Å²) in [6, 6.07) is 0.472. The van der Waals surface area contributed by atoms with Gasteiger partial charge in [-0.2, -0.15) is 0 Å². The highest BCUT2D eigenvalue weighted by molar-refractivity contribution is 5.76. The van der Waals surface area contributed by atoms with Gasteiger partial charge in [-0.1, -0.05) is 20.3 Å². The number of amides is 1. The summed E-state index contributed by atoms with van der Waals surface area (Å²) < 4.78 is 0. The average molecular weight is 212 g/mol. The highest BCUT2D eigenvalue weighted by atomic mass is 16.2. The maximum atomic E-state index is 11.9. The Kier molecular flexibility index (Phi) is 4.58. The standard InChI is InChI=1S/C12H24N2O/c1-9(2)11-6-4-5-7-12(15)14(11)8-10(3)13/h9-11H,4-8,13H2,1-3H3.